The molecule has 26 heavy (non-hydrogen) atoms. The quantitative estimate of drug-likeness (QED) is 0.867. The largest absolute Gasteiger partial charge is 0.486 e. The van der Waals surface area contributed by atoms with E-state index in [0.717, 1.165) is 0 Å². The van der Waals surface area contributed by atoms with E-state index in [9.17, 15) is 14.0 Å². The molecule has 0 aromatic heterocycles. The van der Waals surface area contributed by atoms with Gasteiger partial charge in [-0.05, 0) is 25.1 Å². The molecule has 2 amide bonds. The van der Waals surface area contributed by atoms with Crippen molar-refractivity contribution in [3.63, 3.8) is 0 Å². The van der Waals surface area contributed by atoms with Gasteiger partial charge < -0.3 is 24.4 Å². The molecule has 2 heterocycles. The molecule has 1 spiro atoms. The summed E-state index contributed by atoms with van der Waals surface area (Å²) < 4.78 is 29.3. The molecule has 3 aliphatic rings. The number of halogens is 2. The first-order valence-electron chi connectivity index (χ1n) is 8.31. The van der Waals surface area contributed by atoms with E-state index < -0.39 is 29.1 Å². The van der Waals surface area contributed by atoms with Crippen molar-refractivity contribution >= 4 is 23.8 Å². The number of hydrogen-bond acceptors (Lipinski definition) is 5. The van der Waals surface area contributed by atoms with Crippen LogP contribution in [0.3, 0.4) is 0 Å². The van der Waals surface area contributed by atoms with Gasteiger partial charge in [0.1, 0.15) is 35.4 Å². The Balaban J connectivity index is 1.25. The Kier molecular flexibility index (Phi) is 3.91. The first-order valence-corrected chi connectivity index (χ1v) is 8.68. The Morgan fingerprint density at radius 3 is 2.77 bits per heavy atom. The topological polar surface area (TPSA) is 77.1 Å². The normalized spacial score (nSPS) is 28.7. The molecule has 1 saturated carbocycles. The summed E-state index contributed by atoms with van der Waals surface area (Å²) in [6.45, 7) is 2.91. The molecule has 0 bridgehead atoms. The van der Waals surface area contributed by atoms with Crippen molar-refractivity contribution < 1.29 is 28.2 Å². The highest BCUT2D eigenvalue weighted by Crippen LogP contribution is 2.41. The highest BCUT2D eigenvalue weighted by atomic mass is 35.5. The third-order valence-corrected chi connectivity index (χ3v) is 5.22. The molecule has 2 saturated heterocycles. The van der Waals surface area contributed by atoms with Gasteiger partial charge in [-0.1, -0.05) is 11.6 Å². The Morgan fingerprint density at radius 2 is 2.15 bits per heavy atom. The number of carbonyl (C=O) groups is 2. The molecular weight excluding hydrogens is 367 g/mol. The van der Waals surface area contributed by atoms with Gasteiger partial charge in [-0.2, -0.15) is 0 Å². The number of carbonyl (C=O) groups excluding carboxylic acids is 2. The van der Waals surface area contributed by atoms with Gasteiger partial charge in [-0.15, -0.1) is 0 Å². The lowest BCUT2D eigenvalue weighted by molar-refractivity contribution is -0.0985. The number of benzene rings is 1. The van der Waals surface area contributed by atoms with Gasteiger partial charge >= 0.3 is 12.2 Å². The second kappa shape index (κ2) is 5.90. The van der Waals surface area contributed by atoms with Crippen LogP contribution in [0.5, 0.6) is 5.75 Å². The van der Waals surface area contributed by atoms with Crippen LogP contribution in [0.2, 0.25) is 5.02 Å². The zero-order chi connectivity index (χ0) is 18.5. The summed E-state index contributed by atoms with van der Waals surface area (Å²) in [6, 6.07) is 3.97. The average Bonchev–Trinajstić information content (AvgIpc) is 2.89. The standard InChI is InChI=1S/C17H18ClFN2O5/c1-16(26-13-3-2-10(19)4-12(13)18)5-11(6-16)25-15(23)21-7-17(8-21)9-24-14(22)20-17/h2-4,11H,5-9H2,1H3,(H,20,22)/t11-,16+. The van der Waals surface area contributed by atoms with E-state index in [0.29, 0.717) is 31.7 Å². The van der Waals surface area contributed by atoms with Gasteiger partial charge in [0.05, 0.1) is 18.1 Å². The first-order chi connectivity index (χ1) is 12.3. The number of likely N-dealkylation sites (tertiary alicyclic amines) is 1. The smallest absolute Gasteiger partial charge is 0.410 e. The third-order valence-electron chi connectivity index (χ3n) is 4.93. The molecule has 7 nitrogen and oxygen atoms in total. The number of ether oxygens (including phenoxy) is 3. The van der Waals surface area contributed by atoms with E-state index in [1.807, 2.05) is 6.92 Å². The van der Waals surface area contributed by atoms with E-state index in [2.05, 4.69) is 5.32 Å². The zero-order valence-electron chi connectivity index (χ0n) is 14.1. The minimum absolute atomic E-state index is 0.207. The van der Waals surface area contributed by atoms with Crippen LogP contribution in [0.15, 0.2) is 18.2 Å². The molecule has 0 atom stereocenters. The fourth-order valence-corrected chi connectivity index (χ4v) is 3.79. The molecule has 1 N–H and O–H groups in total. The summed E-state index contributed by atoms with van der Waals surface area (Å²) >= 11 is 5.98. The third kappa shape index (κ3) is 3.13. The fourth-order valence-electron chi connectivity index (χ4n) is 3.59. The molecule has 1 aromatic rings. The monoisotopic (exact) mass is 384 g/mol. The summed E-state index contributed by atoms with van der Waals surface area (Å²) in [6.07, 6.45) is -0.0815. The molecular formula is C17H18ClFN2O5. The molecule has 0 unspecified atom stereocenters. The molecule has 9 heteroatoms. The lowest BCUT2D eigenvalue weighted by Gasteiger charge is -2.48. The van der Waals surface area contributed by atoms with Crippen LogP contribution in [0.25, 0.3) is 0 Å². The van der Waals surface area contributed by atoms with Gasteiger partial charge in [0.15, 0.2) is 0 Å². The van der Waals surface area contributed by atoms with E-state index in [4.69, 9.17) is 25.8 Å². The zero-order valence-corrected chi connectivity index (χ0v) is 14.8. The van der Waals surface area contributed by atoms with E-state index in [1.165, 1.54) is 23.1 Å². The van der Waals surface area contributed by atoms with Crippen molar-refractivity contribution in [3.05, 3.63) is 29.0 Å². The van der Waals surface area contributed by atoms with Crippen LogP contribution in [-0.4, -0.2) is 54.0 Å². The molecule has 4 rings (SSSR count). The number of rotatable bonds is 3. The molecule has 1 aromatic carbocycles. The van der Waals surface area contributed by atoms with Gasteiger partial charge in [0.25, 0.3) is 0 Å². The summed E-state index contributed by atoms with van der Waals surface area (Å²) in [5.74, 6) is -0.0221. The van der Waals surface area contributed by atoms with Crippen LogP contribution in [0.1, 0.15) is 19.8 Å². The van der Waals surface area contributed by atoms with Crippen LogP contribution in [0.4, 0.5) is 14.0 Å². The molecule has 2 aliphatic heterocycles. The molecule has 140 valence electrons. The predicted octanol–water partition coefficient (Wildman–Crippen LogP) is 2.71. The second-order valence-electron chi connectivity index (χ2n) is 7.38. The average molecular weight is 385 g/mol. The minimum Gasteiger partial charge on any atom is -0.486 e. The van der Waals surface area contributed by atoms with Gasteiger partial charge in [-0.25, -0.2) is 14.0 Å². The molecule has 1 aliphatic carbocycles. The SMILES string of the molecule is C[C@]1(Oc2ccc(F)cc2Cl)C[C@@H](OC(=O)N2CC3(COC(=O)N3)C2)C1. The summed E-state index contributed by atoms with van der Waals surface area (Å²) in [7, 11) is 0. The lowest BCUT2D eigenvalue weighted by atomic mass is 9.78. The van der Waals surface area contributed by atoms with E-state index in [1.54, 1.807) is 0 Å². The number of alkyl carbamates (subject to hydrolysis) is 1. The van der Waals surface area contributed by atoms with Crippen LogP contribution >= 0.6 is 11.6 Å². The molecule has 0 radical (unpaired) electrons. The van der Waals surface area contributed by atoms with Crippen molar-refractivity contribution in [1.29, 1.82) is 0 Å². The van der Waals surface area contributed by atoms with E-state index in [-0.39, 0.29) is 17.7 Å². The minimum atomic E-state index is -0.518. The number of hydrogen-bond donors (Lipinski definition) is 1. The number of nitrogens with one attached hydrogen (secondary N) is 1. The van der Waals surface area contributed by atoms with Crippen LogP contribution in [0, 0.1) is 5.82 Å². The first kappa shape index (κ1) is 17.2. The highest BCUT2D eigenvalue weighted by molar-refractivity contribution is 6.32. The fraction of sp³-hybridized carbons (Fsp3) is 0.529. The highest BCUT2D eigenvalue weighted by Gasteiger charge is 2.53. The lowest BCUT2D eigenvalue weighted by Crippen LogP contribution is -2.70. The summed E-state index contributed by atoms with van der Waals surface area (Å²) in [5, 5.41) is 2.92. The summed E-state index contributed by atoms with van der Waals surface area (Å²) in [4.78, 5) is 24.8. The van der Waals surface area contributed by atoms with Gasteiger partial charge in [0.2, 0.25) is 0 Å². The second-order valence-corrected chi connectivity index (χ2v) is 7.79. The van der Waals surface area contributed by atoms with Gasteiger partial charge in [-0.3, -0.25) is 0 Å². The number of cyclic esters (lactones) is 1. The van der Waals surface area contributed by atoms with Crippen molar-refractivity contribution in [2.24, 2.45) is 0 Å². The van der Waals surface area contributed by atoms with Crippen LogP contribution in [-0.2, 0) is 9.47 Å². The number of nitrogens with zero attached hydrogens (tertiary/aromatic N) is 1. The molecule has 3 fully saturated rings. The Labute approximate surface area is 154 Å². The van der Waals surface area contributed by atoms with Gasteiger partial charge in [0, 0.05) is 12.8 Å². The maximum atomic E-state index is 13.1. The maximum absolute atomic E-state index is 13.1. The Bertz CT molecular complexity index is 762. The van der Waals surface area contributed by atoms with Crippen LogP contribution < -0.4 is 10.1 Å². The predicted molar refractivity (Wildman–Crippen MR) is 88.7 cm³/mol. The summed E-state index contributed by atoms with van der Waals surface area (Å²) in [5.41, 5.74) is -0.984. The van der Waals surface area contributed by atoms with Crippen molar-refractivity contribution in [2.75, 3.05) is 19.7 Å². The van der Waals surface area contributed by atoms with Crippen molar-refractivity contribution in [3.8, 4) is 5.75 Å². The van der Waals surface area contributed by atoms with Crippen molar-refractivity contribution in [1.82, 2.24) is 10.2 Å². The Hall–Kier alpha value is -2.22. The Morgan fingerprint density at radius 1 is 1.42 bits per heavy atom. The maximum Gasteiger partial charge on any atom is 0.410 e. The van der Waals surface area contributed by atoms with Crippen molar-refractivity contribution in [2.45, 2.75) is 37.0 Å². The number of amides is 2. The van der Waals surface area contributed by atoms with E-state index >= 15 is 0 Å².